The molecule has 0 amide bonds. The second kappa shape index (κ2) is 10.6. The standard InChI is InChI=1S/C30H48N2O4/c1-27(2,3)31-19-15-29(7,8)17-23(35)25(19)21(33)13-11-12-14-22(34)26-20(32-28(4,5)6)16-30(9,10)18-24(26)36/h33-34H,11-18H2,1-10H3/b25-21+,26-22+,31-19?,32-20?. The molecule has 0 heterocycles. The number of aliphatic imine (C=N–C) groups is 2. The number of Topliss-reactive ketones (excluding diaryl/α,β-unsaturated/α-hetero) is 2. The van der Waals surface area contributed by atoms with E-state index in [1.165, 1.54) is 0 Å². The molecular formula is C30H48N2O4. The van der Waals surface area contributed by atoms with Gasteiger partial charge >= 0.3 is 0 Å². The SMILES string of the molecule is CC1(C)CC(=O)/C(=C(/O)CCCC/C(O)=C2\C(=O)CC(C)(C)CC2=NC(C)(C)C)C(=NC(C)(C)C)C1. The largest absolute Gasteiger partial charge is 0.511 e. The van der Waals surface area contributed by atoms with E-state index in [2.05, 4.69) is 27.7 Å². The summed E-state index contributed by atoms with van der Waals surface area (Å²) in [7, 11) is 0. The molecule has 202 valence electrons. The van der Waals surface area contributed by atoms with Crippen LogP contribution in [0.1, 0.15) is 121 Å². The molecule has 0 atom stereocenters. The maximum Gasteiger partial charge on any atom is 0.168 e. The molecule has 2 fully saturated rings. The highest BCUT2D eigenvalue weighted by molar-refractivity contribution is 6.25. The van der Waals surface area contributed by atoms with Crippen LogP contribution in [0, 0.1) is 10.8 Å². The first kappa shape index (κ1) is 30.0. The Bertz CT molecular complexity index is 927. The third-order valence-electron chi connectivity index (χ3n) is 6.30. The number of carbonyl (C=O) groups is 2. The van der Waals surface area contributed by atoms with Crippen molar-refractivity contribution < 1.29 is 19.8 Å². The van der Waals surface area contributed by atoms with Gasteiger partial charge in [-0.15, -0.1) is 0 Å². The van der Waals surface area contributed by atoms with Crippen LogP contribution < -0.4 is 0 Å². The fourth-order valence-electron chi connectivity index (χ4n) is 5.07. The van der Waals surface area contributed by atoms with Crippen molar-refractivity contribution in [1.82, 2.24) is 0 Å². The van der Waals surface area contributed by atoms with E-state index in [1.807, 2.05) is 41.5 Å². The van der Waals surface area contributed by atoms with Gasteiger partial charge in [-0.2, -0.15) is 0 Å². The van der Waals surface area contributed by atoms with Crippen LogP contribution in [-0.4, -0.2) is 44.3 Å². The summed E-state index contributed by atoms with van der Waals surface area (Å²) in [5.74, 6) is 0.0394. The number of hydrogen-bond acceptors (Lipinski definition) is 6. The molecule has 0 spiro atoms. The summed E-state index contributed by atoms with van der Waals surface area (Å²) in [5.41, 5.74) is 1.05. The quantitative estimate of drug-likeness (QED) is 0.233. The lowest BCUT2D eigenvalue weighted by Gasteiger charge is -2.33. The zero-order chi connectivity index (χ0) is 27.7. The predicted molar refractivity (Wildman–Crippen MR) is 148 cm³/mol. The Morgan fingerprint density at radius 3 is 1.25 bits per heavy atom. The number of allylic oxidation sites excluding steroid dienone is 4. The van der Waals surface area contributed by atoms with Gasteiger partial charge in [0, 0.05) is 25.7 Å². The van der Waals surface area contributed by atoms with Gasteiger partial charge in [-0.25, -0.2) is 0 Å². The molecule has 6 nitrogen and oxygen atoms in total. The summed E-state index contributed by atoms with van der Waals surface area (Å²) in [6.07, 6.45) is 3.89. The lowest BCUT2D eigenvalue weighted by atomic mass is 9.72. The number of nitrogens with zero attached hydrogens (tertiary/aromatic N) is 2. The molecular weight excluding hydrogens is 452 g/mol. The van der Waals surface area contributed by atoms with Gasteiger partial charge in [-0.3, -0.25) is 19.6 Å². The molecule has 6 heteroatoms. The maximum absolute atomic E-state index is 12.9. The van der Waals surface area contributed by atoms with Crippen molar-refractivity contribution in [3.05, 3.63) is 22.7 Å². The molecule has 36 heavy (non-hydrogen) atoms. The van der Waals surface area contributed by atoms with E-state index in [1.54, 1.807) is 0 Å². The Labute approximate surface area is 218 Å². The molecule has 0 aliphatic heterocycles. The normalized spacial score (nSPS) is 25.9. The van der Waals surface area contributed by atoms with Crippen molar-refractivity contribution in [3.8, 4) is 0 Å². The molecule has 2 rings (SSSR count). The van der Waals surface area contributed by atoms with Crippen LogP contribution in [0.4, 0.5) is 0 Å². The lowest BCUT2D eigenvalue weighted by molar-refractivity contribution is -0.118. The van der Waals surface area contributed by atoms with Gasteiger partial charge in [0.15, 0.2) is 11.6 Å². The molecule has 0 unspecified atom stereocenters. The number of aliphatic hydroxyl groups is 2. The Balaban J connectivity index is 2.20. The molecule has 2 saturated carbocycles. The number of unbranched alkanes of at least 4 members (excludes halogenated alkanes) is 1. The van der Waals surface area contributed by atoms with Gasteiger partial charge in [0.25, 0.3) is 0 Å². The van der Waals surface area contributed by atoms with Crippen LogP contribution in [-0.2, 0) is 9.59 Å². The molecule has 0 radical (unpaired) electrons. The monoisotopic (exact) mass is 500 g/mol. The van der Waals surface area contributed by atoms with Crippen molar-refractivity contribution in [2.75, 3.05) is 0 Å². The zero-order valence-corrected chi connectivity index (χ0v) is 24.3. The van der Waals surface area contributed by atoms with Gasteiger partial charge in [0.2, 0.25) is 0 Å². The molecule has 0 bridgehead atoms. The molecule has 0 aromatic heterocycles. The van der Waals surface area contributed by atoms with Gasteiger partial charge in [0.05, 0.1) is 33.6 Å². The third kappa shape index (κ3) is 8.70. The van der Waals surface area contributed by atoms with E-state index >= 15 is 0 Å². The number of aliphatic hydroxyl groups excluding tert-OH is 2. The summed E-state index contributed by atoms with van der Waals surface area (Å²) in [5, 5.41) is 21.8. The highest BCUT2D eigenvalue weighted by atomic mass is 16.3. The summed E-state index contributed by atoms with van der Waals surface area (Å²) in [6.45, 7) is 20.1. The Morgan fingerprint density at radius 2 is 0.972 bits per heavy atom. The first-order valence-corrected chi connectivity index (χ1v) is 13.3. The minimum Gasteiger partial charge on any atom is -0.511 e. The summed E-state index contributed by atoms with van der Waals surface area (Å²) in [6, 6.07) is 0. The summed E-state index contributed by atoms with van der Waals surface area (Å²) in [4.78, 5) is 35.4. The Morgan fingerprint density at radius 1 is 0.667 bits per heavy atom. The first-order chi connectivity index (χ1) is 16.2. The van der Waals surface area contributed by atoms with Crippen molar-refractivity contribution in [1.29, 1.82) is 0 Å². The van der Waals surface area contributed by atoms with Gasteiger partial charge in [-0.1, -0.05) is 27.7 Å². The van der Waals surface area contributed by atoms with Gasteiger partial charge < -0.3 is 10.2 Å². The molecule has 0 aromatic rings. The average Bonchev–Trinajstić information content (AvgIpc) is 2.59. The second-order valence-corrected chi connectivity index (χ2v) is 14.2. The van der Waals surface area contributed by atoms with E-state index in [0.717, 1.165) is 0 Å². The fourth-order valence-corrected chi connectivity index (χ4v) is 5.07. The Kier molecular flexibility index (Phi) is 8.85. The minimum absolute atomic E-state index is 0.0600. The maximum atomic E-state index is 12.9. The number of rotatable bonds is 5. The first-order valence-electron chi connectivity index (χ1n) is 13.3. The lowest BCUT2D eigenvalue weighted by Crippen LogP contribution is -2.34. The van der Waals surface area contributed by atoms with Gasteiger partial charge in [-0.05, 0) is 78.1 Å². The van der Waals surface area contributed by atoms with Crippen LogP contribution in [0.2, 0.25) is 0 Å². The molecule has 2 aliphatic carbocycles. The van der Waals surface area contributed by atoms with Crippen molar-refractivity contribution >= 4 is 23.0 Å². The van der Waals surface area contributed by atoms with E-state index in [-0.39, 0.29) is 45.0 Å². The minimum atomic E-state index is -0.347. The second-order valence-electron chi connectivity index (χ2n) is 14.2. The van der Waals surface area contributed by atoms with Crippen LogP contribution in [0.15, 0.2) is 32.6 Å². The molecule has 2 N–H and O–H groups in total. The zero-order valence-electron chi connectivity index (χ0n) is 24.3. The van der Waals surface area contributed by atoms with E-state index in [4.69, 9.17) is 9.98 Å². The van der Waals surface area contributed by atoms with Crippen molar-refractivity contribution in [2.24, 2.45) is 20.8 Å². The van der Waals surface area contributed by atoms with E-state index < -0.39 is 0 Å². The number of hydrogen-bond donors (Lipinski definition) is 2. The van der Waals surface area contributed by atoms with Crippen LogP contribution >= 0.6 is 0 Å². The Hall–Kier alpha value is -2.24. The summed E-state index contributed by atoms with van der Waals surface area (Å²) >= 11 is 0. The highest BCUT2D eigenvalue weighted by Gasteiger charge is 2.38. The summed E-state index contributed by atoms with van der Waals surface area (Å²) < 4.78 is 0. The molecule has 2 aliphatic rings. The van der Waals surface area contributed by atoms with Crippen LogP contribution in [0.25, 0.3) is 0 Å². The number of ketones is 2. The predicted octanol–water partition coefficient (Wildman–Crippen LogP) is 7.43. The average molecular weight is 501 g/mol. The highest BCUT2D eigenvalue weighted by Crippen LogP contribution is 2.38. The van der Waals surface area contributed by atoms with Gasteiger partial charge in [0.1, 0.15) is 11.5 Å². The fraction of sp³-hybridized carbons (Fsp3) is 0.733. The van der Waals surface area contributed by atoms with E-state index in [9.17, 15) is 19.8 Å². The third-order valence-corrected chi connectivity index (χ3v) is 6.30. The van der Waals surface area contributed by atoms with E-state index in [0.29, 0.717) is 73.9 Å². The molecule has 0 saturated heterocycles. The van der Waals surface area contributed by atoms with Crippen LogP contribution in [0.3, 0.4) is 0 Å². The topological polar surface area (TPSA) is 99.3 Å². The van der Waals surface area contributed by atoms with Crippen molar-refractivity contribution in [2.45, 2.75) is 132 Å². The number of carbonyl (C=O) groups excluding carboxylic acids is 2. The van der Waals surface area contributed by atoms with Crippen LogP contribution in [0.5, 0.6) is 0 Å². The molecule has 0 aromatic carbocycles. The smallest absolute Gasteiger partial charge is 0.168 e. The van der Waals surface area contributed by atoms with Crippen molar-refractivity contribution in [3.63, 3.8) is 0 Å².